The lowest BCUT2D eigenvalue weighted by atomic mass is 10.0. The molecule has 0 aliphatic carbocycles. The van der Waals surface area contributed by atoms with Gasteiger partial charge >= 0.3 is 5.97 Å². The van der Waals surface area contributed by atoms with E-state index in [9.17, 15) is 18.0 Å². The Balaban J connectivity index is 1.38. The number of ether oxygens (including phenoxy) is 1. The maximum atomic E-state index is 13.1. The minimum Gasteiger partial charge on any atom is -0.462 e. The Kier molecular flexibility index (Phi) is 9.39. The average Bonchev–Trinajstić information content (AvgIpc) is 3.61. The van der Waals surface area contributed by atoms with Gasteiger partial charge in [0, 0.05) is 16.6 Å². The van der Waals surface area contributed by atoms with E-state index in [0.717, 1.165) is 22.9 Å². The number of thioether (sulfide) groups is 1. The Hall–Kier alpha value is -4.26. The second kappa shape index (κ2) is 13.4. The van der Waals surface area contributed by atoms with Crippen LogP contribution >= 0.6 is 23.1 Å². The molecule has 43 heavy (non-hydrogen) atoms. The number of carbonyl (C=O) groups is 2. The lowest BCUT2D eigenvalue weighted by molar-refractivity contribution is -0.113. The van der Waals surface area contributed by atoms with E-state index >= 15 is 0 Å². The maximum Gasteiger partial charge on any atom is 0.341 e. The highest BCUT2D eigenvalue weighted by atomic mass is 32.2. The number of para-hydroxylation sites is 1. The Morgan fingerprint density at radius 3 is 2.30 bits per heavy atom. The zero-order chi connectivity index (χ0) is 30.4. The van der Waals surface area contributed by atoms with E-state index in [0.29, 0.717) is 27.0 Å². The number of amides is 1. The van der Waals surface area contributed by atoms with Crippen LogP contribution in [0.4, 0.5) is 5.00 Å². The van der Waals surface area contributed by atoms with Crippen molar-refractivity contribution < 1.29 is 22.7 Å². The predicted molar refractivity (Wildman–Crippen MR) is 168 cm³/mol. The van der Waals surface area contributed by atoms with Crippen LogP contribution in [0.1, 0.15) is 28.7 Å². The van der Waals surface area contributed by atoms with Crippen LogP contribution in [0.3, 0.4) is 0 Å². The highest BCUT2D eigenvalue weighted by molar-refractivity contribution is 7.99. The van der Waals surface area contributed by atoms with Gasteiger partial charge < -0.3 is 10.1 Å². The molecule has 0 spiro atoms. The topological polar surface area (TPSA) is 120 Å². The van der Waals surface area contributed by atoms with Crippen molar-refractivity contribution in [1.29, 1.82) is 0 Å². The number of anilines is 1. The number of carbonyl (C=O) groups excluding carboxylic acids is 2. The Morgan fingerprint density at radius 1 is 0.953 bits per heavy atom. The number of nitrogens with one attached hydrogen (secondary N) is 1. The summed E-state index contributed by atoms with van der Waals surface area (Å²) in [6, 6.07) is 25.1. The van der Waals surface area contributed by atoms with Crippen molar-refractivity contribution in [2.75, 3.05) is 17.7 Å². The molecule has 1 N–H and O–H groups in total. The molecular weight excluding hydrogens is 605 g/mol. The quantitative estimate of drug-likeness (QED) is 0.135. The van der Waals surface area contributed by atoms with Gasteiger partial charge in [0.05, 0.1) is 17.3 Å². The van der Waals surface area contributed by atoms with Gasteiger partial charge in [-0.2, -0.15) is 0 Å². The van der Waals surface area contributed by atoms with Crippen molar-refractivity contribution >= 4 is 49.8 Å². The standard InChI is InChI=1S/C31H28N4O5S3/c1-3-40-30(37)28-25(22-16-14-21(2)15-17-22)18-41-29(28)32-27(36)19-42-31-34-33-26(35(31)23-10-6-4-7-11-23)20-43(38,39)24-12-8-5-9-13-24/h4-18H,3,19-20H2,1-2H3,(H,32,36). The second-order valence-corrected chi connectivity index (χ2v) is 13.2. The summed E-state index contributed by atoms with van der Waals surface area (Å²) < 4.78 is 33.2. The molecule has 1 amide bonds. The van der Waals surface area contributed by atoms with Gasteiger partial charge in [0.25, 0.3) is 0 Å². The van der Waals surface area contributed by atoms with Crippen LogP contribution in [0.15, 0.2) is 100 Å². The normalized spacial score (nSPS) is 11.3. The number of hydrogen-bond acceptors (Lipinski definition) is 9. The van der Waals surface area contributed by atoms with Crippen molar-refractivity contribution in [3.63, 3.8) is 0 Å². The molecule has 5 rings (SSSR count). The van der Waals surface area contributed by atoms with Crippen molar-refractivity contribution in [3.8, 4) is 16.8 Å². The van der Waals surface area contributed by atoms with Crippen molar-refractivity contribution in [1.82, 2.24) is 14.8 Å². The third-order valence-corrected chi connectivity index (χ3v) is 9.81. The molecule has 0 unspecified atom stereocenters. The number of rotatable bonds is 11. The number of hydrogen-bond donors (Lipinski definition) is 1. The summed E-state index contributed by atoms with van der Waals surface area (Å²) in [5, 5.41) is 13.8. The van der Waals surface area contributed by atoms with Crippen LogP contribution in [0.25, 0.3) is 16.8 Å². The molecule has 2 heterocycles. The predicted octanol–water partition coefficient (Wildman–Crippen LogP) is 6.19. The van der Waals surface area contributed by atoms with Crippen LogP contribution < -0.4 is 5.32 Å². The molecule has 3 aromatic carbocycles. The molecule has 0 saturated carbocycles. The molecule has 0 bridgehead atoms. The van der Waals surface area contributed by atoms with E-state index in [-0.39, 0.29) is 34.7 Å². The summed E-state index contributed by atoms with van der Waals surface area (Å²) in [4.78, 5) is 26.3. The van der Waals surface area contributed by atoms with E-state index in [4.69, 9.17) is 4.74 Å². The fraction of sp³-hybridized carbons (Fsp3) is 0.161. The number of aromatic nitrogens is 3. The summed E-state index contributed by atoms with van der Waals surface area (Å²) in [6.07, 6.45) is 0. The van der Waals surface area contributed by atoms with Crippen LogP contribution in [0.2, 0.25) is 0 Å². The lowest BCUT2D eigenvalue weighted by Crippen LogP contribution is -2.17. The molecule has 0 aliphatic heterocycles. The van der Waals surface area contributed by atoms with Crippen LogP contribution in [0, 0.1) is 6.92 Å². The van der Waals surface area contributed by atoms with Crippen LogP contribution in [0.5, 0.6) is 0 Å². The molecule has 0 atom stereocenters. The Morgan fingerprint density at radius 2 is 1.63 bits per heavy atom. The molecular formula is C31H28N4O5S3. The van der Waals surface area contributed by atoms with Crippen LogP contribution in [-0.2, 0) is 25.1 Å². The molecule has 220 valence electrons. The van der Waals surface area contributed by atoms with E-state index in [1.165, 1.54) is 23.5 Å². The highest BCUT2D eigenvalue weighted by Gasteiger charge is 2.25. The van der Waals surface area contributed by atoms with Gasteiger partial charge in [0.15, 0.2) is 20.8 Å². The minimum absolute atomic E-state index is 0.0591. The molecule has 2 aromatic heterocycles. The number of benzene rings is 3. The molecule has 0 aliphatic rings. The van der Waals surface area contributed by atoms with Crippen molar-refractivity contribution in [2.45, 2.75) is 29.7 Å². The summed E-state index contributed by atoms with van der Waals surface area (Å²) >= 11 is 2.36. The second-order valence-electron chi connectivity index (χ2n) is 9.42. The van der Waals surface area contributed by atoms with E-state index < -0.39 is 15.8 Å². The first kappa shape index (κ1) is 30.2. The smallest absolute Gasteiger partial charge is 0.341 e. The number of aryl methyl sites for hydroxylation is 1. The number of nitrogens with zero attached hydrogens (tertiary/aromatic N) is 3. The maximum absolute atomic E-state index is 13.1. The minimum atomic E-state index is -3.70. The number of esters is 1. The van der Waals surface area contributed by atoms with Gasteiger partial charge in [-0.05, 0) is 43.7 Å². The van der Waals surface area contributed by atoms with E-state index in [1.54, 1.807) is 29.7 Å². The molecule has 5 aromatic rings. The average molecular weight is 633 g/mol. The van der Waals surface area contributed by atoms with Crippen molar-refractivity contribution in [2.24, 2.45) is 0 Å². The molecule has 9 nitrogen and oxygen atoms in total. The Labute approximate surface area is 257 Å². The monoisotopic (exact) mass is 632 g/mol. The zero-order valence-corrected chi connectivity index (χ0v) is 25.8. The first-order chi connectivity index (χ1) is 20.8. The largest absolute Gasteiger partial charge is 0.462 e. The lowest BCUT2D eigenvalue weighted by Gasteiger charge is -2.11. The van der Waals surface area contributed by atoms with Gasteiger partial charge in [0.1, 0.15) is 16.3 Å². The summed E-state index contributed by atoms with van der Waals surface area (Å²) in [7, 11) is -3.70. The first-order valence-corrected chi connectivity index (χ1v) is 16.8. The highest BCUT2D eigenvalue weighted by Crippen LogP contribution is 2.36. The third kappa shape index (κ3) is 7.04. The summed E-state index contributed by atoms with van der Waals surface area (Å²) in [5.41, 5.74) is 3.58. The fourth-order valence-corrected chi connectivity index (χ4v) is 7.31. The number of thiophene rings is 1. The molecule has 0 fully saturated rings. The fourth-order valence-electron chi connectivity index (χ4n) is 4.30. The number of sulfone groups is 1. The molecule has 12 heteroatoms. The zero-order valence-electron chi connectivity index (χ0n) is 23.4. The molecule has 0 radical (unpaired) electrons. The summed E-state index contributed by atoms with van der Waals surface area (Å²) in [6.45, 7) is 3.91. The molecule has 0 saturated heterocycles. The van der Waals surface area contributed by atoms with Gasteiger partial charge in [-0.3, -0.25) is 9.36 Å². The summed E-state index contributed by atoms with van der Waals surface area (Å²) in [5.74, 6) is -1.09. The van der Waals surface area contributed by atoms with E-state index in [2.05, 4.69) is 15.5 Å². The van der Waals surface area contributed by atoms with Gasteiger partial charge in [-0.1, -0.05) is 78.0 Å². The first-order valence-electron chi connectivity index (χ1n) is 13.3. The third-order valence-electron chi connectivity index (χ3n) is 6.35. The van der Waals surface area contributed by atoms with Crippen LogP contribution in [-0.4, -0.2) is 47.4 Å². The van der Waals surface area contributed by atoms with Gasteiger partial charge in [-0.25, -0.2) is 13.2 Å². The van der Waals surface area contributed by atoms with Crippen molar-refractivity contribution in [3.05, 3.63) is 107 Å². The van der Waals surface area contributed by atoms with Gasteiger partial charge in [0.2, 0.25) is 5.91 Å². The Bertz CT molecular complexity index is 1840. The van der Waals surface area contributed by atoms with Gasteiger partial charge in [-0.15, -0.1) is 21.5 Å². The SMILES string of the molecule is CCOC(=O)c1c(-c2ccc(C)cc2)csc1NC(=O)CSc1nnc(CS(=O)(=O)c2ccccc2)n1-c1ccccc1. The van der Waals surface area contributed by atoms with E-state index in [1.807, 2.05) is 66.9 Å².